The lowest BCUT2D eigenvalue weighted by Crippen LogP contribution is -2.46. The van der Waals surface area contributed by atoms with Crippen molar-refractivity contribution < 1.29 is 9.59 Å². The van der Waals surface area contributed by atoms with Crippen LogP contribution in [0.25, 0.3) is 5.57 Å². The van der Waals surface area contributed by atoms with Gasteiger partial charge in [-0.15, -0.1) is 11.3 Å². The number of nitrogens with zero attached hydrogens (tertiary/aromatic N) is 4. The summed E-state index contributed by atoms with van der Waals surface area (Å²) in [5.41, 5.74) is 2.91. The molecule has 2 aromatic rings. The van der Waals surface area contributed by atoms with Gasteiger partial charge in [-0.3, -0.25) is 9.59 Å². The zero-order valence-electron chi connectivity index (χ0n) is 17.9. The summed E-state index contributed by atoms with van der Waals surface area (Å²) in [7, 11) is 2.09. The van der Waals surface area contributed by atoms with Crippen molar-refractivity contribution in [3.05, 3.63) is 52.4 Å². The van der Waals surface area contributed by atoms with Gasteiger partial charge in [-0.2, -0.15) is 0 Å². The van der Waals surface area contributed by atoms with Crippen LogP contribution in [0.15, 0.2) is 47.5 Å². The molecule has 2 amide bonds. The number of amides is 2. The fourth-order valence-electron chi connectivity index (χ4n) is 4.68. The second-order valence-corrected chi connectivity index (χ2v) is 9.45. The lowest BCUT2D eigenvalue weighted by Gasteiger charge is -2.34. The highest BCUT2D eigenvalue weighted by Gasteiger charge is 2.43. The molecule has 0 N–H and O–H groups in total. The molecule has 4 heterocycles. The van der Waals surface area contributed by atoms with Gasteiger partial charge in [0, 0.05) is 49.8 Å². The van der Waals surface area contributed by atoms with Gasteiger partial charge in [-0.1, -0.05) is 6.07 Å². The molecule has 1 aromatic heterocycles. The Bertz CT molecular complexity index is 985. The van der Waals surface area contributed by atoms with Gasteiger partial charge in [-0.05, 0) is 62.0 Å². The summed E-state index contributed by atoms with van der Waals surface area (Å²) < 4.78 is 0. The molecule has 0 bridgehead atoms. The first-order chi connectivity index (χ1) is 15.1. The molecule has 2 saturated heterocycles. The topological polar surface area (TPSA) is 47.1 Å². The number of hydrogen-bond donors (Lipinski definition) is 0. The number of rotatable bonds is 4. The van der Waals surface area contributed by atoms with E-state index in [-0.39, 0.29) is 11.8 Å². The summed E-state index contributed by atoms with van der Waals surface area (Å²) in [6, 6.07) is 11.8. The quantitative estimate of drug-likeness (QED) is 0.689. The van der Waals surface area contributed by atoms with Crippen LogP contribution in [0.1, 0.15) is 24.1 Å². The molecular weight excluding hydrogens is 408 g/mol. The van der Waals surface area contributed by atoms with Gasteiger partial charge in [0.25, 0.3) is 11.8 Å². The van der Waals surface area contributed by atoms with Crippen LogP contribution in [0.3, 0.4) is 0 Å². The van der Waals surface area contributed by atoms with E-state index in [9.17, 15) is 9.59 Å². The van der Waals surface area contributed by atoms with E-state index >= 15 is 0 Å². The molecule has 0 atom stereocenters. The summed E-state index contributed by atoms with van der Waals surface area (Å²) >= 11 is 1.51. The van der Waals surface area contributed by atoms with Crippen LogP contribution in [0.2, 0.25) is 0 Å². The van der Waals surface area contributed by atoms with E-state index in [0.717, 1.165) is 49.8 Å². The molecular formula is C24H28N4O2S. The molecule has 0 radical (unpaired) electrons. The third-order valence-electron chi connectivity index (χ3n) is 6.48. The fourth-order valence-corrected chi connectivity index (χ4v) is 5.45. The Hall–Kier alpha value is -2.64. The number of imide groups is 1. The summed E-state index contributed by atoms with van der Waals surface area (Å²) in [6.45, 7) is 5.40. The molecule has 0 saturated carbocycles. The number of piperidine rings is 1. The van der Waals surface area contributed by atoms with Crippen LogP contribution in [-0.4, -0.2) is 67.9 Å². The summed E-state index contributed by atoms with van der Waals surface area (Å²) in [5, 5.41) is 1.96. The third-order valence-corrected chi connectivity index (χ3v) is 7.36. The van der Waals surface area contributed by atoms with Crippen molar-refractivity contribution in [1.82, 2.24) is 9.80 Å². The van der Waals surface area contributed by atoms with Crippen LogP contribution in [-0.2, 0) is 9.59 Å². The number of piperazine rings is 1. The minimum absolute atomic E-state index is 0.205. The Kier molecular flexibility index (Phi) is 5.54. The molecule has 0 unspecified atom stereocenters. The van der Waals surface area contributed by atoms with Crippen LogP contribution in [0, 0.1) is 0 Å². The maximum Gasteiger partial charge on any atom is 0.282 e. The number of benzene rings is 1. The molecule has 3 aliphatic rings. The Labute approximate surface area is 187 Å². The molecule has 2 fully saturated rings. The van der Waals surface area contributed by atoms with Crippen LogP contribution >= 0.6 is 11.3 Å². The lowest BCUT2D eigenvalue weighted by atomic mass is 10.1. The number of thiophene rings is 1. The summed E-state index contributed by atoms with van der Waals surface area (Å²) in [4.78, 5) is 36.1. The van der Waals surface area contributed by atoms with Crippen molar-refractivity contribution in [2.75, 3.05) is 56.1 Å². The maximum atomic E-state index is 13.6. The van der Waals surface area contributed by atoms with E-state index in [0.29, 0.717) is 17.0 Å². The number of likely N-dealkylation sites (N-methyl/N-ethyl adjacent to an activating group) is 1. The van der Waals surface area contributed by atoms with Gasteiger partial charge in [-0.25, -0.2) is 4.90 Å². The third kappa shape index (κ3) is 3.77. The van der Waals surface area contributed by atoms with Crippen molar-refractivity contribution in [2.24, 2.45) is 0 Å². The SMILES string of the molecule is CN1CCN(C2=C(c3cccs3)C(=O)N(c3ccc(N4CCCCC4)cc3)C2=O)CC1. The van der Waals surface area contributed by atoms with Crippen molar-refractivity contribution in [2.45, 2.75) is 19.3 Å². The van der Waals surface area contributed by atoms with Gasteiger partial charge in [0.1, 0.15) is 5.70 Å². The van der Waals surface area contributed by atoms with Crippen molar-refractivity contribution in [3.8, 4) is 0 Å². The highest BCUT2D eigenvalue weighted by Crippen LogP contribution is 2.37. The Balaban J connectivity index is 1.46. The first-order valence-corrected chi connectivity index (χ1v) is 12.0. The number of hydrogen-bond acceptors (Lipinski definition) is 6. The van der Waals surface area contributed by atoms with E-state index in [1.54, 1.807) is 0 Å². The van der Waals surface area contributed by atoms with Gasteiger partial charge in [0.05, 0.1) is 11.3 Å². The van der Waals surface area contributed by atoms with Crippen LogP contribution in [0.4, 0.5) is 11.4 Å². The minimum Gasteiger partial charge on any atom is -0.372 e. The van der Waals surface area contributed by atoms with Gasteiger partial charge in [0.2, 0.25) is 0 Å². The molecule has 6 nitrogen and oxygen atoms in total. The average molecular weight is 437 g/mol. The molecule has 1 aromatic carbocycles. The van der Waals surface area contributed by atoms with Gasteiger partial charge in [0.15, 0.2) is 0 Å². The van der Waals surface area contributed by atoms with Crippen LogP contribution < -0.4 is 9.80 Å². The van der Waals surface area contributed by atoms with E-state index in [1.807, 2.05) is 41.8 Å². The predicted molar refractivity (Wildman–Crippen MR) is 125 cm³/mol. The lowest BCUT2D eigenvalue weighted by molar-refractivity contribution is -0.120. The van der Waals surface area contributed by atoms with Crippen molar-refractivity contribution in [1.29, 1.82) is 0 Å². The normalized spacial score (nSPS) is 20.9. The summed E-state index contributed by atoms with van der Waals surface area (Å²) in [6.07, 6.45) is 3.72. The average Bonchev–Trinajstić information content (AvgIpc) is 3.41. The number of carbonyl (C=O) groups excluding carboxylic acids is 2. The second kappa shape index (κ2) is 8.48. The monoisotopic (exact) mass is 436 g/mol. The van der Waals surface area contributed by atoms with E-state index in [1.165, 1.54) is 35.5 Å². The predicted octanol–water partition coefficient (Wildman–Crippen LogP) is 3.27. The maximum absolute atomic E-state index is 13.6. The molecule has 3 aliphatic heterocycles. The Morgan fingerprint density at radius 2 is 1.42 bits per heavy atom. The zero-order chi connectivity index (χ0) is 21.4. The van der Waals surface area contributed by atoms with Crippen molar-refractivity contribution >= 4 is 40.1 Å². The molecule has 0 aliphatic carbocycles. The second-order valence-electron chi connectivity index (χ2n) is 8.50. The fraction of sp³-hybridized carbons (Fsp3) is 0.417. The van der Waals surface area contributed by atoms with Crippen LogP contribution in [0.5, 0.6) is 0 Å². The summed E-state index contributed by atoms with van der Waals surface area (Å²) in [5.74, 6) is -0.421. The van der Waals surface area contributed by atoms with Gasteiger partial charge >= 0.3 is 0 Å². The number of carbonyl (C=O) groups is 2. The van der Waals surface area contributed by atoms with Gasteiger partial charge < -0.3 is 14.7 Å². The Morgan fingerprint density at radius 1 is 0.742 bits per heavy atom. The molecule has 5 rings (SSSR count). The minimum atomic E-state index is -0.216. The number of anilines is 2. The standard InChI is InChI=1S/C24H28N4O2S/c1-25-13-15-27(16-14-25)22-21(20-6-5-17-31-20)23(29)28(24(22)30)19-9-7-18(8-10-19)26-11-3-2-4-12-26/h5-10,17H,2-4,11-16H2,1H3. The highest BCUT2D eigenvalue weighted by molar-refractivity contribution is 7.11. The highest BCUT2D eigenvalue weighted by atomic mass is 32.1. The van der Waals surface area contributed by atoms with E-state index in [4.69, 9.17) is 0 Å². The smallest absolute Gasteiger partial charge is 0.282 e. The largest absolute Gasteiger partial charge is 0.372 e. The molecule has 0 spiro atoms. The van der Waals surface area contributed by atoms with E-state index < -0.39 is 0 Å². The first kappa shape index (κ1) is 20.3. The molecule has 31 heavy (non-hydrogen) atoms. The molecule has 7 heteroatoms. The van der Waals surface area contributed by atoms with E-state index in [2.05, 4.69) is 21.7 Å². The Morgan fingerprint density at radius 3 is 2.06 bits per heavy atom. The zero-order valence-corrected chi connectivity index (χ0v) is 18.7. The molecule has 162 valence electrons. The first-order valence-electron chi connectivity index (χ1n) is 11.1. The van der Waals surface area contributed by atoms with Crippen molar-refractivity contribution in [3.63, 3.8) is 0 Å².